The van der Waals surface area contributed by atoms with Gasteiger partial charge in [0.25, 0.3) is 5.91 Å². The van der Waals surface area contributed by atoms with Crippen LogP contribution in [0.5, 0.6) is 0 Å². The molecule has 8 heteroatoms. The summed E-state index contributed by atoms with van der Waals surface area (Å²) in [5.41, 5.74) is 6.56. The van der Waals surface area contributed by atoms with Gasteiger partial charge in [-0.3, -0.25) is 4.79 Å². The quantitative estimate of drug-likeness (QED) is 0.732. The fraction of sp³-hybridized carbons (Fsp3) is 0.462. The number of nitrogen functional groups attached to an aromatic ring is 1. The van der Waals surface area contributed by atoms with Crippen molar-refractivity contribution in [2.45, 2.75) is 0 Å². The van der Waals surface area contributed by atoms with E-state index in [1.54, 1.807) is 25.3 Å². The summed E-state index contributed by atoms with van der Waals surface area (Å²) in [6.07, 6.45) is 0. The predicted octanol–water partition coefficient (Wildman–Crippen LogP) is 2.07. The highest BCUT2D eigenvalue weighted by Crippen LogP contribution is 2.18. The summed E-state index contributed by atoms with van der Waals surface area (Å²) in [7, 11) is 3.64. The van der Waals surface area contributed by atoms with E-state index in [2.05, 4.69) is 10.2 Å². The average Bonchev–Trinajstić information content (AvgIpc) is 2.36. The second-order valence-corrected chi connectivity index (χ2v) is 4.70. The topological polar surface area (TPSA) is 67.6 Å². The van der Waals surface area contributed by atoms with Gasteiger partial charge in [0.05, 0.1) is 17.2 Å². The van der Waals surface area contributed by atoms with E-state index in [1.165, 1.54) is 0 Å². The second-order valence-electron chi connectivity index (χ2n) is 4.29. The lowest BCUT2D eigenvalue weighted by Crippen LogP contribution is -2.34. The van der Waals surface area contributed by atoms with Gasteiger partial charge < -0.3 is 20.7 Å². The molecule has 0 fully saturated rings. The molecular formula is C13H22Cl3N3O2. The van der Waals surface area contributed by atoms with Gasteiger partial charge in [0, 0.05) is 32.4 Å². The number of methoxy groups -OCH3 is 1. The first-order chi connectivity index (χ1) is 9.04. The first-order valence-electron chi connectivity index (χ1n) is 6.05. The predicted molar refractivity (Wildman–Crippen MR) is 92.1 cm³/mol. The number of benzene rings is 1. The van der Waals surface area contributed by atoms with Gasteiger partial charge in [-0.15, -0.1) is 24.8 Å². The van der Waals surface area contributed by atoms with Crippen LogP contribution in [0.1, 0.15) is 10.4 Å². The number of carbonyl (C=O) groups is 1. The van der Waals surface area contributed by atoms with Crippen molar-refractivity contribution in [3.63, 3.8) is 0 Å². The van der Waals surface area contributed by atoms with Crippen molar-refractivity contribution in [2.24, 2.45) is 0 Å². The zero-order valence-electron chi connectivity index (χ0n) is 12.1. The van der Waals surface area contributed by atoms with Gasteiger partial charge in [0.2, 0.25) is 0 Å². The molecule has 1 aromatic rings. The van der Waals surface area contributed by atoms with Crippen LogP contribution in [0.25, 0.3) is 0 Å². The van der Waals surface area contributed by atoms with Crippen molar-refractivity contribution in [3.05, 3.63) is 28.8 Å². The Kier molecular flexibility index (Phi) is 12.8. The van der Waals surface area contributed by atoms with Crippen LogP contribution in [0.2, 0.25) is 5.02 Å². The monoisotopic (exact) mass is 357 g/mol. The Morgan fingerprint density at radius 3 is 2.62 bits per heavy atom. The van der Waals surface area contributed by atoms with E-state index in [1.807, 2.05) is 7.05 Å². The number of halogens is 3. The summed E-state index contributed by atoms with van der Waals surface area (Å²) in [6.45, 7) is 2.81. The van der Waals surface area contributed by atoms with E-state index in [9.17, 15) is 4.79 Å². The third-order valence-electron chi connectivity index (χ3n) is 2.69. The minimum Gasteiger partial charge on any atom is -0.399 e. The normalized spacial score (nSPS) is 9.71. The van der Waals surface area contributed by atoms with Gasteiger partial charge in [0.15, 0.2) is 0 Å². The number of amides is 1. The summed E-state index contributed by atoms with van der Waals surface area (Å²) in [5.74, 6) is -0.190. The molecular weight excluding hydrogens is 337 g/mol. The molecule has 0 radical (unpaired) electrons. The van der Waals surface area contributed by atoms with Crippen molar-refractivity contribution in [3.8, 4) is 0 Å². The molecule has 0 aliphatic heterocycles. The lowest BCUT2D eigenvalue weighted by Gasteiger charge is -2.16. The first kappa shape index (κ1) is 22.6. The molecule has 0 saturated heterocycles. The number of rotatable bonds is 7. The van der Waals surface area contributed by atoms with E-state index in [-0.39, 0.29) is 30.7 Å². The van der Waals surface area contributed by atoms with Crippen molar-refractivity contribution in [2.75, 3.05) is 46.1 Å². The summed E-state index contributed by atoms with van der Waals surface area (Å²) >= 11 is 5.97. The number of nitrogens with zero attached hydrogens (tertiary/aromatic N) is 1. The van der Waals surface area contributed by atoms with Crippen LogP contribution < -0.4 is 11.1 Å². The van der Waals surface area contributed by atoms with Gasteiger partial charge in [-0.2, -0.15) is 0 Å². The van der Waals surface area contributed by atoms with Crippen LogP contribution in [-0.4, -0.2) is 51.2 Å². The smallest absolute Gasteiger partial charge is 0.252 e. The molecule has 3 N–H and O–H groups in total. The molecule has 1 aromatic carbocycles. The van der Waals surface area contributed by atoms with E-state index in [0.29, 0.717) is 29.4 Å². The Morgan fingerprint density at radius 1 is 1.38 bits per heavy atom. The maximum Gasteiger partial charge on any atom is 0.252 e. The fourth-order valence-corrected chi connectivity index (χ4v) is 1.80. The molecule has 0 aliphatic rings. The van der Waals surface area contributed by atoms with Crippen LogP contribution in [0.4, 0.5) is 5.69 Å². The highest BCUT2D eigenvalue weighted by atomic mass is 35.5. The molecule has 0 aliphatic carbocycles. The molecule has 1 amide bonds. The number of ether oxygens (including phenoxy) is 1. The van der Waals surface area contributed by atoms with Crippen LogP contribution in [0, 0.1) is 0 Å². The van der Waals surface area contributed by atoms with Gasteiger partial charge >= 0.3 is 0 Å². The summed E-state index contributed by atoms with van der Waals surface area (Å²) in [6, 6.07) is 4.86. The zero-order valence-corrected chi connectivity index (χ0v) is 14.5. The molecule has 0 heterocycles. The third-order valence-corrected chi connectivity index (χ3v) is 3.01. The van der Waals surface area contributed by atoms with E-state index >= 15 is 0 Å². The Labute approximate surface area is 143 Å². The fourth-order valence-electron chi connectivity index (χ4n) is 1.53. The molecule has 21 heavy (non-hydrogen) atoms. The summed E-state index contributed by atoms with van der Waals surface area (Å²) < 4.78 is 4.98. The second kappa shape index (κ2) is 11.9. The molecule has 0 bridgehead atoms. The molecule has 0 spiro atoms. The number of nitrogens with one attached hydrogen (secondary N) is 1. The maximum absolute atomic E-state index is 11.9. The first-order valence-corrected chi connectivity index (χ1v) is 6.43. The highest BCUT2D eigenvalue weighted by molar-refractivity contribution is 6.34. The third kappa shape index (κ3) is 8.34. The largest absolute Gasteiger partial charge is 0.399 e. The molecule has 5 nitrogen and oxygen atoms in total. The van der Waals surface area contributed by atoms with E-state index in [0.717, 1.165) is 13.1 Å². The van der Waals surface area contributed by atoms with Crippen molar-refractivity contribution < 1.29 is 9.53 Å². The number of nitrogens with two attached hydrogens (primary N) is 1. The van der Waals surface area contributed by atoms with Crippen molar-refractivity contribution in [1.82, 2.24) is 10.2 Å². The van der Waals surface area contributed by atoms with Crippen molar-refractivity contribution >= 4 is 48.0 Å². The maximum atomic E-state index is 11.9. The highest BCUT2D eigenvalue weighted by Gasteiger charge is 2.10. The van der Waals surface area contributed by atoms with Gasteiger partial charge in [0.1, 0.15) is 0 Å². The molecule has 0 saturated carbocycles. The van der Waals surface area contributed by atoms with Gasteiger partial charge in [-0.1, -0.05) is 11.6 Å². The molecule has 0 atom stereocenters. The van der Waals surface area contributed by atoms with Crippen LogP contribution in [-0.2, 0) is 4.74 Å². The number of hydrogen-bond donors (Lipinski definition) is 2. The number of anilines is 1. The molecule has 1 rings (SSSR count). The van der Waals surface area contributed by atoms with Gasteiger partial charge in [-0.25, -0.2) is 0 Å². The van der Waals surface area contributed by atoms with Crippen LogP contribution in [0.15, 0.2) is 18.2 Å². The van der Waals surface area contributed by atoms with E-state index in [4.69, 9.17) is 22.1 Å². The Balaban J connectivity index is 0. The standard InChI is InChI=1S/C13H20ClN3O2.2ClH/c1-17(7-8-19-2)6-5-16-13(18)11-4-3-10(15)9-12(11)14;;/h3-4,9H,5-8,15H2,1-2H3,(H,16,18);2*1H. The number of hydrogen-bond acceptors (Lipinski definition) is 4. The van der Waals surface area contributed by atoms with E-state index < -0.39 is 0 Å². The minimum absolute atomic E-state index is 0. The Hall–Kier alpha value is -0.720. The molecule has 0 aromatic heterocycles. The average molecular weight is 359 g/mol. The number of carbonyl (C=O) groups excluding carboxylic acids is 1. The molecule has 122 valence electrons. The van der Waals surface area contributed by atoms with Gasteiger partial charge in [-0.05, 0) is 25.2 Å². The lowest BCUT2D eigenvalue weighted by molar-refractivity contribution is 0.0947. The summed E-state index contributed by atoms with van der Waals surface area (Å²) in [4.78, 5) is 14.0. The Morgan fingerprint density at radius 2 is 2.05 bits per heavy atom. The van der Waals surface area contributed by atoms with Crippen LogP contribution in [0.3, 0.4) is 0 Å². The Bertz CT molecular complexity index is 433. The SMILES string of the molecule is COCCN(C)CCNC(=O)c1ccc(N)cc1Cl.Cl.Cl. The van der Waals surface area contributed by atoms with Crippen LogP contribution >= 0.6 is 36.4 Å². The summed E-state index contributed by atoms with van der Waals surface area (Å²) in [5, 5.41) is 3.19. The molecule has 0 unspecified atom stereocenters. The van der Waals surface area contributed by atoms with Crippen molar-refractivity contribution in [1.29, 1.82) is 0 Å². The minimum atomic E-state index is -0.190. The zero-order chi connectivity index (χ0) is 14.3. The number of likely N-dealkylation sites (N-methyl/N-ethyl adjacent to an activating group) is 1. The lowest BCUT2D eigenvalue weighted by atomic mass is 10.2.